The molecule has 0 saturated heterocycles. The van der Waals surface area contributed by atoms with Crippen LogP contribution in [0, 0.1) is 0 Å². The van der Waals surface area contributed by atoms with Gasteiger partial charge in [0.2, 0.25) is 0 Å². The molecule has 2 N–H and O–H groups in total. The van der Waals surface area contributed by atoms with Crippen molar-refractivity contribution in [3.8, 4) is 5.82 Å². The minimum absolute atomic E-state index is 0.0486. The number of hydrogen-bond donors (Lipinski definition) is 2. The summed E-state index contributed by atoms with van der Waals surface area (Å²) in [5.41, 5.74) is 3.43. The highest BCUT2D eigenvalue weighted by Crippen LogP contribution is 2.32. The van der Waals surface area contributed by atoms with Gasteiger partial charge in [0, 0.05) is 61.5 Å². The number of hydrogen-bond acceptors (Lipinski definition) is 4. The van der Waals surface area contributed by atoms with Gasteiger partial charge < -0.3 is 15.3 Å². The Morgan fingerprint density at radius 3 is 2.74 bits per heavy atom. The zero-order valence-electron chi connectivity index (χ0n) is 17.5. The van der Waals surface area contributed by atoms with Crippen LogP contribution in [0.25, 0.3) is 16.7 Å². The molecule has 2 amide bonds. The first-order chi connectivity index (χ1) is 15.1. The number of rotatable bonds is 8. The quantitative estimate of drug-likeness (QED) is 0.542. The summed E-state index contributed by atoms with van der Waals surface area (Å²) in [4.78, 5) is 33.8. The van der Waals surface area contributed by atoms with Gasteiger partial charge >= 0.3 is 12.0 Å². The van der Waals surface area contributed by atoms with Crippen LogP contribution in [0.1, 0.15) is 43.4 Å². The van der Waals surface area contributed by atoms with Crippen molar-refractivity contribution in [3.63, 3.8) is 0 Å². The summed E-state index contributed by atoms with van der Waals surface area (Å²) in [5, 5.41) is 12.8. The molecule has 0 fully saturated rings. The van der Waals surface area contributed by atoms with Crippen LogP contribution >= 0.6 is 0 Å². The minimum Gasteiger partial charge on any atom is -0.481 e. The second-order valence-corrected chi connectivity index (χ2v) is 7.80. The lowest BCUT2D eigenvalue weighted by Crippen LogP contribution is -2.43. The summed E-state index contributed by atoms with van der Waals surface area (Å²) in [7, 11) is 0. The Bertz CT molecular complexity index is 1060. The van der Waals surface area contributed by atoms with Gasteiger partial charge in [0.1, 0.15) is 0 Å². The first kappa shape index (κ1) is 20.8. The smallest absolute Gasteiger partial charge is 0.317 e. The van der Waals surface area contributed by atoms with E-state index in [2.05, 4.69) is 32.0 Å². The molecule has 31 heavy (non-hydrogen) atoms. The number of nitrogens with one attached hydrogen (secondary N) is 1. The van der Waals surface area contributed by atoms with Crippen LogP contribution in [0.15, 0.2) is 42.9 Å². The predicted molar refractivity (Wildman–Crippen MR) is 117 cm³/mol. The van der Waals surface area contributed by atoms with E-state index in [1.165, 1.54) is 5.69 Å². The first-order valence-electron chi connectivity index (χ1n) is 10.8. The molecule has 8 heteroatoms. The van der Waals surface area contributed by atoms with Crippen molar-refractivity contribution in [2.75, 3.05) is 13.1 Å². The lowest BCUT2D eigenvalue weighted by atomic mass is 10.0. The maximum Gasteiger partial charge on any atom is 0.317 e. The van der Waals surface area contributed by atoms with Gasteiger partial charge in [-0.15, -0.1) is 0 Å². The number of aliphatic carboxylic acids is 1. The topological polar surface area (TPSA) is 100 Å². The summed E-state index contributed by atoms with van der Waals surface area (Å²) in [6.07, 6.45) is 9.43. The van der Waals surface area contributed by atoms with Gasteiger partial charge in [-0.25, -0.2) is 9.78 Å². The van der Waals surface area contributed by atoms with Crippen molar-refractivity contribution in [2.24, 2.45) is 0 Å². The SMILES string of the molecule is O=C(O)CCCCCCNC(=O)N1CCc2c(c3ccccc3n2-c2cnccn2)C1. The van der Waals surface area contributed by atoms with E-state index in [0.29, 0.717) is 26.1 Å². The summed E-state index contributed by atoms with van der Waals surface area (Å²) in [6, 6.07) is 8.16. The standard InChI is InChI=1S/C23H27N5O3/c29-22(30)9-3-1-2-6-11-26-23(31)27-14-10-20-18(16-27)17-7-4-5-8-19(17)28(20)21-15-24-12-13-25-21/h4-5,7-8,12-13,15H,1-3,6,9-11,14,16H2,(H,26,31)(H,29,30). The second kappa shape index (κ2) is 9.59. The third-order valence-electron chi connectivity index (χ3n) is 5.72. The fraction of sp³-hybridized carbons (Fsp3) is 0.391. The number of carboxylic acids is 1. The zero-order chi connectivity index (χ0) is 21.6. The molecule has 0 spiro atoms. The summed E-state index contributed by atoms with van der Waals surface area (Å²) >= 11 is 0. The number of amides is 2. The Labute approximate surface area is 180 Å². The van der Waals surface area contributed by atoms with Gasteiger partial charge in [0.15, 0.2) is 5.82 Å². The minimum atomic E-state index is -0.751. The lowest BCUT2D eigenvalue weighted by molar-refractivity contribution is -0.137. The highest BCUT2D eigenvalue weighted by molar-refractivity contribution is 5.88. The molecule has 8 nitrogen and oxygen atoms in total. The van der Waals surface area contributed by atoms with Crippen LogP contribution in [0.2, 0.25) is 0 Å². The van der Waals surface area contributed by atoms with Gasteiger partial charge in [-0.05, 0) is 18.9 Å². The van der Waals surface area contributed by atoms with Crippen LogP contribution in [0.3, 0.4) is 0 Å². The van der Waals surface area contributed by atoms with E-state index in [1.54, 1.807) is 18.6 Å². The predicted octanol–water partition coefficient (Wildman–Crippen LogP) is 3.52. The maximum absolute atomic E-state index is 12.7. The molecule has 3 aromatic rings. The molecule has 0 saturated carbocycles. The van der Waals surface area contributed by atoms with Gasteiger partial charge in [0.25, 0.3) is 0 Å². The molecular weight excluding hydrogens is 394 g/mol. The van der Waals surface area contributed by atoms with E-state index in [1.807, 2.05) is 17.0 Å². The summed E-state index contributed by atoms with van der Waals surface area (Å²) in [6.45, 7) is 1.82. The van der Waals surface area contributed by atoms with E-state index < -0.39 is 5.97 Å². The van der Waals surface area contributed by atoms with Crippen molar-refractivity contribution in [2.45, 2.75) is 45.1 Å². The monoisotopic (exact) mass is 421 g/mol. The number of benzene rings is 1. The van der Waals surface area contributed by atoms with Crippen molar-refractivity contribution < 1.29 is 14.7 Å². The number of unbranched alkanes of at least 4 members (excludes halogenated alkanes) is 3. The number of urea groups is 1. The highest BCUT2D eigenvalue weighted by Gasteiger charge is 2.27. The fourth-order valence-electron chi connectivity index (χ4n) is 4.21. The molecule has 0 atom stereocenters. The Kier molecular flexibility index (Phi) is 6.45. The van der Waals surface area contributed by atoms with Gasteiger partial charge in [-0.1, -0.05) is 31.0 Å². The molecule has 0 unspecified atom stereocenters. The van der Waals surface area contributed by atoms with Crippen LogP contribution in [-0.2, 0) is 17.8 Å². The fourth-order valence-corrected chi connectivity index (χ4v) is 4.21. The molecule has 1 aliphatic rings. The van der Waals surface area contributed by atoms with E-state index in [0.717, 1.165) is 48.0 Å². The van der Waals surface area contributed by atoms with Crippen LogP contribution in [-0.4, -0.2) is 49.6 Å². The molecule has 2 aromatic heterocycles. The molecule has 162 valence electrons. The Hall–Kier alpha value is -3.42. The van der Waals surface area contributed by atoms with Gasteiger partial charge in [-0.2, -0.15) is 0 Å². The molecule has 0 radical (unpaired) electrons. The molecule has 4 rings (SSSR count). The molecule has 3 heterocycles. The average Bonchev–Trinajstić information content (AvgIpc) is 3.12. The third-order valence-corrected chi connectivity index (χ3v) is 5.72. The second-order valence-electron chi connectivity index (χ2n) is 7.80. The number of nitrogens with zero attached hydrogens (tertiary/aromatic N) is 4. The van der Waals surface area contributed by atoms with Crippen LogP contribution in [0.4, 0.5) is 4.79 Å². The molecule has 1 aromatic carbocycles. The summed E-state index contributed by atoms with van der Waals surface area (Å²) in [5.74, 6) is 0.0409. The van der Waals surface area contributed by atoms with Gasteiger partial charge in [0.05, 0.1) is 11.7 Å². The van der Waals surface area contributed by atoms with Crippen molar-refractivity contribution in [1.29, 1.82) is 0 Å². The first-order valence-corrected chi connectivity index (χ1v) is 10.8. The zero-order valence-corrected chi connectivity index (χ0v) is 17.5. The summed E-state index contributed by atoms with van der Waals surface area (Å²) < 4.78 is 2.16. The Morgan fingerprint density at radius 1 is 1.10 bits per heavy atom. The number of carbonyl (C=O) groups excluding carboxylic acids is 1. The van der Waals surface area contributed by atoms with Gasteiger partial charge in [-0.3, -0.25) is 14.3 Å². The number of carboxylic acid groups (broad SMARTS) is 1. The average molecular weight is 422 g/mol. The van der Waals surface area contributed by atoms with Crippen molar-refractivity contribution in [3.05, 3.63) is 54.1 Å². The Balaban J connectivity index is 1.41. The number of carbonyl (C=O) groups is 2. The van der Waals surface area contributed by atoms with E-state index in [4.69, 9.17) is 5.11 Å². The van der Waals surface area contributed by atoms with E-state index in [-0.39, 0.29) is 12.5 Å². The third kappa shape index (κ3) is 4.68. The lowest BCUT2D eigenvalue weighted by Gasteiger charge is -2.28. The number of aromatic nitrogens is 3. The molecule has 0 aliphatic carbocycles. The van der Waals surface area contributed by atoms with Crippen molar-refractivity contribution in [1.82, 2.24) is 24.8 Å². The van der Waals surface area contributed by atoms with Crippen LogP contribution < -0.4 is 5.32 Å². The highest BCUT2D eigenvalue weighted by atomic mass is 16.4. The normalized spacial score (nSPS) is 13.2. The largest absolute Gasteiger partial charge is 0.481 e. The van der Waals surface area contributed by atoms with E-state index in [9.17, 15) is 9.59 Å². The molecule has 1 aliphatic heterocycles. The number of para-hydroxylation sites is 1. The number of fused-ring (bicyclic) bond motifs is 3. The molecule has 0 bridgehead atoms. The van der Waals surface area contributed by atoms with Crippen LogP contribution in [0.5, 0.6) is 0 Å². The Morgan fingerprint density at radius 2 is 1.94 bits per heavy atom. The van der Waals surface area contributed by atoms with E-state index >= 15 is 0 Å². The maximum atomic E-state index is 12.7. The van der Waals surface area contributed by atoms with Crippen molar-refractivity contribution >= 4 is 22.9 Å². The molecular formula is C23H27N5O3.